The van der Waals surface area contributed by atoms with E-state index < -0.39 is 0 Å². The highest BCUT2D eigenvalue weighted by molar-refractivity contribution is 7.17. The molecule has 1 amide bonds. The monoisotopic (exact) mass is 473 g/mol. The van der Waals surface area contributed by atoms with E-state index in [9.17, 15) is 9.59 Å². The van der Waals surface area contributed by atoms with Gasteiger partial charge in [-0.15, -0.1) is 11.3 Å². The second-order valence-corrected chi connectivity index (χ2v) is 8.89. The highest BCUT2D eigenvalue weighted by atomic mass is 35.5. The Balaban J connectivity index is 0.00000289. The Labute approximate surface area is 198 Å². The lowest BCUT2D eigenvalue weighted by Crippen LogP contribution is -3.00. The predicted octanol–water partition coefficient (Wildman–Crippen LogP) is 0.974. The summed E-state index contributed by atoms with van der Waals surface area (Å²) in [5.74, 6) is -0.483. The molecule has 0 unspecified atom stereocenters. The van der Waals surface area contributed by atoms with Crippen molar-refractivity contribution in [3.8, 4) is 0 Å². The first kappa shape index (κ1) is 24.0. The van der Waals surface area contributed by atoms with E-state index in [0.717, 1.165) is 37.8 Å². The lowest BCUT2D eigenvalue weighted by Gasteiger charge is -2.08. The highest BCUT2D eigenvalue weighted by Crippen LogP contribution is 2.38. The average molecular weight is 474 g/mol. The number of benzene rings is 1. The zero-order valence-electron chi connectivity index (χ0n) is 18.2. The summed E-state index contributed by atoms with van der Waals surface area (Å²) in [5.41, 5.74) is 2.83. The number of ether oxygens (including phenoxy) is 1. The van der Waals surface area contributed by atoms with Crippen LogP contribution < -0.4 is 22.3 Å². The second kappa shape index (κ2) is 11.3. The van der Waals surface area contributed by atoms with Gasteiger partial charge >= 0.3 is 5.97 Å². The molecule has 6 nitrogen and oxygen atoms in total. The summed E-state index contributed by atoms with van der Waals surface area (Å²) in [6.45, 7) is 3.06. The maximum Gasteiger partial charge on any atom is 0.341 e. The number of carbonyl (C=O) groups excluding carboxylic acids is 2. The molecule has 8 heteroatoms. The van der Waals surface area contributed by atoms with E-state index in [1.807, 2.05) is 46.1 Å². The van der Waals surface area contributed by atoms with Crippen LogP contribution in [0.3, 0.4) is 0 Å². The number of thiophene rings is 1. The van der Waals surface area contributed by atoms with Crippen LogP contribution in [0.2, 0.25) is 0 Å². The number of imidazole rings is 1. The smallest absolute Gasteiger partial charge is 0.341 e. The van der Waals surface area contributed by atoms with E-state index in [2.05, 4.69) is 17.4 Å². The molecule has 1 N–H and O–H groups in total. The zero-order valence-corrected chi connectivity index (χ0v) is 19.8. The standard InChI is InChI=1S/C24H27N3O3S.ClH/c1-2-30-24(29)22-19-11-7-4-8-12-20(19)31-23(22)25-21(28)16-27-14-13-26(17-27)15-18-9-5-3-6-10-18;/h3,5-6,9-10,13-14,17H,2,4,7-8,11-12,15-16H2,1H3;1H. The molecule has 0 atom stereocenters. The number of carbonyl (C=O) groups is 2. The number of fused-ring (bicyclic) bond motifs is 1. The maximum absolute atomic E-state index is 12.8. The number of hydrogen-bond donors (Lipinski definition) is 1. The summed E-state index contributed by atoms with van der Waals surface area (Å²) in [5, 5.41) is 3.61. The first-order chi connectivity index (χ1) is 15.1. The van der Waals surface area contributed by atoms with Crippen molar-refractivity contribution in [1.82, 2.24) is 4.57 Å². The minimum atomic E-state index is -0.334. The summed E-state index contributed by atoms with van der Waals surface area (Å²) < 4.78 is 9.19. The van der Waals surface area contributed by atoms with Crippen LogP contribution in [0.25, 0.3) is 0 Å². The number of hydrogen-bond acceptors (Lipinski definition) is 4. The number of amides is 1. The average Bonchev–Trinajstić information content (AvgIpc) is 3.25. The number of anilines is 1. The molecule has 0 fully saturated rings. The van der Waals surface area contributed by atoms with Crippen molar-refractivity contribution in [3.05, 3.63) is 70.6 Å². The number of nitrogens with zero attached hydrogens (tertiary/aromatic N) is 2. The van der Waals surface area contributed by atoms with E-state index >= 15 is 0 Å². The molecule has 0 aliphatic heterocycles. The minimum Gasteiger partial charge on any atom is -1.00 e. The van der Waals surface area contributed by atoms with Crippen LogP contribution in [0, 0.1) is 0 Å². The van der Waals surface area contributed by atoms with Gasteiger partial charge in [-0.1, -0.05) is 36.8 Å². The Morgan fingerprint density at radius 2 is 1.94 bits per heavy atom. The molecule has 1 aliphatic carbocycles. The van der Waals surface area contributed by atoms with Gasteiger partial charge in [0.25, 0.3) is 5.91 Å². The quantitative estimate of drug-likeness (QED) is 0.316. The van der Waals surface area contributed by atoms with E-state index in [-0.39, 0.29) is 30.8 Å². The Kier molecular flexibility index (Phi) is 8.47. The van der Waals surface area contributed by atoms with Gasteiger partial charge in [0, 0.05) is 4.88 Å². The summed E-state index contributed by atoms with van der Waals surface area (Å²) in [6, 6.07) is 10.2. The van der Waals surface area contributed by atoms with Crippen molar-refractivity contribution >= 4 is 28.2 Å². The number of nitrogens with one attached hydrogen (secondary N) is 1. The van der Waals surface area contributed by atoms with Gasteiger partial charge in [-0.05, 0) is 43.7 Å². The molecule has 0 spiro atoms. The molecule has 0 saturated heterocycles. The van der Waals surface area contributed by atoms with Crippen molar-refractivity contribution in [2.24, 2.45) is 0 Å². The first-order valence-electron chi connectivity index (χ1n) is 10.8. The summed E-state index contributed by atoms with van der Waals surface area (Å²) in [6.07, 6.45) is 10.9. The molecule has 4 rings (SSSR count). The van der Waals surface area contributed by atoms with Crippen LogP contribution in [0.4, 0.5) is 5.00 Å². The molecule has 2 aromatic heterocycles. The largest absolute Gasteiger partial charge is 1.00 e. The zero-order chi connectivity index (χ0) is 21.6. The maximum atomic E-state index is 12.8. The molecule has 32 heavy (non-hydrogen) atoms. The molecule has 0 bridgehead atoms. The number of esters is 1. The van der Waals surface area contributed by atoms with Gasteiger partial charge in [0.15, 0.2) is 6.54 Å². The number of aryl methyl sites for hydroxylation is 1. The van der Waals surface area contributed by atoms with Crippen molar-refractivity contribution in [2.45, 2.75) is 52.1 Å². The van der Waals surface area contributed by atoms with E-state index in [0.29, 0.717) is 17.2 Å². The van der Waals surface area contributed by atoms with Gasteiger partial charge in [0.2, 0.25) is 6.33 Å². The van der Waals surface area contributed by atoms with Crippen LogP contribution in [0.15, 0.2) is 49.1 Å². The van der Waals surface area contributed by atoms with Crippen LogP contribution in [-0.2, 0) is 35.5 Å². The fourth-order valence-electron chi connectivity index (χ4n) is 4.00. The minimum absolute atomic E-state index is 0. The summed E-state index contributed by atoms with van der Waals surface area (Å²) in [4.78, 5) is 26.6. The Morgan fingerprint density at radius 3 is 2.72 bits per heavy atom. The van der Waals surface area contributed by atoms with Crippen molar-refractivity contribution in [2.75, 3.05) is 11.9 Å². The molecular weight excluding hydrogens is 446 g/mol. The van der Waals surface area contributed by atoms with E-state index in [1.54, 1.807) is 6.92 Å². The van der Waals surface area contributed by atoms with Gasteiger partial charge < -0.3 is 22.5 Å². The summed E-state index contributed by atoms with van der Waals surface area (Å²) >= 11 is 1.53. The molecular formula is C24H28ClN3O3S. The molecule has 1 aliphatic rings. The molecule has 2 heterocycles. The Hall–Kier alpha value is -2.64. The molecule has 170 valence electrons. The first-order valence-corrected chi connectivity index (χ1v) is 11.7. The van der Waals surface area contributed by atoms with Crippen molar-refractivity contribution < 1.29 is 31.3 Å². The van der Waals surface area contributed by atoms with Gasteiger partial charge in [-0.3, -0.25) is 4.79 Å². The van der Waals surface area contributed by atoms with E-state index in [1.165, 1.54) is 28.2 Å². The third-order valence-corrected chi connectivity index (χ3v) is 6.64. The van der Waals surface area contributed by atoms with E-state index in [4.69, 9.17) is 4.74 Å². The number of halogens is 1. The number of aromatic nitrogens is 2. The van der Waals surface area contributed by atoms with Crippen LogP contribution >= 0.6 is 11.3 Å². The fraction of sp³-hybridized carbons (Fsp3) is 0.375. The fourth-order valence-corrected chi connectivity index (χ4v) is 5.30. The van der Waals surface area contributed by atoms with Crippen molar-refractivity contribution in [3.63, 3.8) is 0 Å². The highest BCUT2D eigenvalue weighted by Gasteiger charge is 2.27. The lowest BCUT2D eigenvalue weighted by molar-refractivity contribution is -0.687. The van der Waals surface area contributed by atoms with Gasteiger partial charge in [0.05, 0.1) is 12.2 Å². The topological polar surface area (TPSA) is 64.2 Å². The normalized spacial score (nSPS) is 12.9. The number of rotatable bonds is 7. The summed E-state index contributed by atoms with van der Waals surface area (Å²) in [7, 11) is 0. The molecule has 1 aromatic carbocycles. The van der Waals surface area contributed by atoms with Crippen molar-refractivity contribution in [1.29, 1.82) is 0 Å². The Bertz CT molecular complexity index is 1060. The molecule has 0 radical (unpaired) electrons. The second-order valence-electron chi connectivity index (χ2n) is 7.78. The molecule has 3 aromatic rings. The third-order valence-electron chi connectivity index (χ3n) is 5.43. The van der Waals surface area contributed by atoms with Crippen LogP contribution in [0.1, 0.15) is 52.5 Å². The van der Waals surface area contributed by atoms with Gasteiger partial charge in [-0.25, -0.2) is 13.9 Å². The van der Waals surface area contributed by atoms with Crippen LogP contribution in [-0.4, -0.2) is 23.1 Å². The van der Waals surface area contributed by atoms with Gasteiger partial charge in [0.1, 0.15) is 23.9 Å². The Morgan fingerprint density at radius 1 is 1.16 bits per heavy atom. The SMILES string of the molecule is CCOC(=O)c1c(NC(=O)Cn2cc[n+](Cc3ccccc3)c2)sc2c1CCCCC2.[Cl-]. The third kappa shape index (κ3) is 5.78. The predicted molar refractivity (Wildman–Crippen MR) is 120 cm³/mol. The van der Waals surface area contributed by atoms with Gasteiger partial charge in [-0.2, -0.15) is 0 Å². The molecule has 0 saturated carbocycles. The lowest BCUT2D eigenvalue weighted by atomic mass is 10.1. The van der Waals surface area contributed by atoms with Crippen LogP contribution in [0.5, 0.6) is 0 Å².